The first-order valence-electron chi connectivity index (χ1n) is 15.0. The minimum absolute atomic E-state index is 0.0226. The van der Waals surface area contributed by atoms with Gasteiger partial charge in [-0.15, -0.1) is 0 Å². The van der Waals surface area contributed by atoms with Gasteiger partial charge in [0.1, 0.15) is 0 Å². The highest BCUT2D eigenvalue weighted by Gasteiger charge is 2.61. The lowest BCUT2D eigenvalue weighted by molar-refractivity contribution is -0.142. The number of fused-ring (bicyclic) bond motifs is 5. The summed E-state index contributed by atoms with van der Waals surface area (Å²) in [7, 11) is 0. The van der Waals surface area contributed by atoms with Crippen LogP contribution in [0.3, 0.4) is 0 Å². The Kier molecular flexibility index (Phi) is 6.64. The molecule has 1 aliphatic heterocycles. The van der Waals surface area contributed by atoms with Gasteiger partial charge in [0, 0.05) is 18.4 Å². The van der Waals surface area contributed by atoms with Gasteiger partial charge in [-0.05, 0) is 98.0 Å². The second kappa shape index (κ2) is 9.84. The second-order valence-corrected chi connectivity index (χ2v) is 13.4. The van der Waals surface area contributed by atoms with Gasteiger partial charge in [0.2, 0.25) is 11.8 Å². The van der Waals surface area contributed by atoms with Crippen molar-refractivity contribution in [2.24, 2.45) is 34.5 Å². The van der Waals surface area contributed by atoms with Crippen molar-refractivity contribution in [3.8, 4) is 0 Å². The van der Waals surface area contributed by atoms with E-state index in [0.717, 1.165) is 38.5 Å². The third kappa shape index (κ3) is 4.38. The number of hydrogen-bond acceptors (Lipinski definition) is 2. The smallest absolute Gasteiger partial charge is 0.224 e. The van der Waals surface area contributed by atoms with Crippen LogP contribution in [0, 0.1) is 41.4 Å². The lowest BCUT2D eigenvalue weighted by Gasteiger charge is -2.60. The zero-order chi connectivity index (χ0) is 26.5. The van der Waals surface area contributed by atoms with Crippen molar-refractivity contribution in [2.45, 2.75) is 90.6 Å². The maximum Gasteiger partial charge on any atom is 0.224 e. The first-order chi connectivity index (χ1) is 18.3. The van der Waals surface area contributed by atoms with Gasteiger partial charge in [-0.3, -0.25) is 9.59 Å². The Labute approximate surface area is 228 Å². The Morgan fingerprint density at radius 1 is 0.921 bits per heavy atom. The number of rotatable bonds is 5. The number of piperidine rings is 1. The summed E-state index contributed by atoms with van der Waals surface area (Å²) in [6.45, 7) is 6.99. The molecule has 4 nitrogen and oxygen atoms in total. The first kappa shape index (κ1) is 25.6. The molecule has 1 heterocycles. The van der Waals surface area contributed by atoms with E-state index in [1.54, 1.807) is 0 Å². The molecule has 2 aromatic rings. The third-order valence-corrected chi connectivity index (χ3v) is 11.5. The van der Waals surface area contributed by atoms with Gasteiger partial charge >= 0.3 is 0 Å². The second-order valence-electron chi connectivity index (χ2n) is 13.4. The molecule has 202 valence electrons. The molecule has 6 rings (SSSR count). The van der Waals surface area contributed by atoms with Gasteiger partial charge in [0.25, 0.3) is 0 Å². The van der Waals surface area contributed by atoms with E-state index in [2.05, 4.69) is 79.9 Å². The van der Waals surface area contributed by atoms with Crippen molar-refractivity contribution >= 4 is 11.8 Å². The standard InChI is InChI=1S/C34H44N2O2/c1-22-9-11-23(12-10-22)21-29(24-7-5-4-6-8-24)35-32(38)28-15-14-26-25-13-16-30-34(3,20-18-31(37)36-30)27(25)17-19-33(26,28)2/h4-12,25-30H,13-21H2,1-3H3,(H,35,38)(H,36,37)/t25-,26-,27-,28+,29+,30+,33-,34+/m0/s1. The summed E-state index contributed by atoms with van der Waals surface area (Å²) >= 11 is 0. The van der Waals surface area contributed by atoms with Gasteiger partial charge in [-0.25, -0.2) is 0 Å². The topological polar surface area (TPSA) is 58.2 Å². The fourth-order valence-corrected chi connectivity index (χ4v) is 9.30. The predicted molar refractivity (Wildman–Crippen MR) is 151 cm³/mol. The molecule has 2 N–H and O–H groups in total. The SMILES string of the molecule is Cc1ccc(C[C@@H](NC(=O)[C@H]2CC[C@H]3[C@@H]4CC[C@H]5NC(=O)CC[C@]5(C)[C@H]4CC[C@]23C)c2ccccc2)cc1. The van der Waals surface area contributed by atoms with Crippen LogP contribution in [0.15, 0.2) is 54.6 Å². The summed E-state index contributed by atoms with van der Waals surface area (Å²) < 4.78 is 0. The molecule has 38 heavy (non-hydrogen) atoms. The zero-order valence-electron chi connectivity index (χ0n) is 23.3. The fourth-order valence-electron chi connectivity index (χ4n) is 9.30. The first-order valence-corrected chi connectivity index (χ1v) is 15.0. The number of benzene rings is 2. The van der Waals surface area contributed by atoms with Crippen molar-refractivity contribution in [3.05, 3.63) is 71.3 Å². The highest BCUT2D eigenvalue weighted by atomic mass is 16.2. The Bertz CT molecular complexity index is 1180. The quantitative estimate of drug-likeness (QED) is 0.478. The average Bonchev–Trinajstić information content (AvgIpc) is 3.28. The fraction of sp³-hybridized carbons (Fsp3) is 0.588. The summed E-state index contributed by atoms with van der Waals surface area (Å²) in [5, 5.41) is 6.88. The minimum Gasteiger partial charge on any atom is -0.353 e. The number of hydrogen-bond donors (Lipinski definition) is 2. The number of nitrogens with one attached hydrogen (secondary N) is 2. The lowest BCUT2D eigenvalue weighted by Crippen LogP contribution is -2.61. The maximum absolute atomic E-state index is 14.1. The molecular formula is C34H44N2O2. The largest absolute Gasteiger partial charge is 0.353 e. The van der Waals surface area contributed by atoms with Gasteiger partial charge in [-0.1, -0.05) is 74.0 Å². The highest BCUT2D eigenvalue weighted by molar-refractivity contribution is 5.80. The van der Waals surface area contributed by atoms with Crippen molar-refractivity contribution in [1.29, 1.82) is 0 Å². The monoisotopic (exact) mass is 512 g/mol. The third-order valence-electron chi connectivity index (χ3n) is 11.5. The predicted octanol–water partition coefficient (Wildman–Crippen LogP) is 6.53. The van der Waals surface area contributed by atoms with Crippen LogP contribution >= 0.6 is 0 Å². The molecule has 0 bridgehead atoms. The van der Waals surface area contributed by atoms with E-state index < -0.39 is 0 Å². The Balaban J connectivity index is 1.20. The van der Waals surface area contributed by atoms with E-state index in [0.29, 0.717) is 30.2 Å². The molecule has 0 radical (unpaired) electrons. The maximum atomic E-state index is 14.1. The minimum atomic E-state index is -0.0226. The van der Waals surface area contributed by atoms with Crippen LogP contribution in [-0.2, 0) is 16.0 Å². The molecule has 0 spiro atoms. The van der Waals surface area contributed by atoms with Crippen LogP contribution in [-0.4, -0.2) is 17.9 Å². The summed E-state index contributed by atoms with van der Waals surface area (Å²) in [5.41, 5.74) is 3.97. The zero-order valence-corrected chi connectivity index (χ0v) is 23.3. The Hall–Kier alpha value is -2.62. The Morgan fingerprint density at radius 3 is 2.42 bits per heavy atom. The van der Waals surface area contributed by atoms with Gasteiger partial charge in [0.05, 0.1) is 6.04 Å². The molecule has 1 saturated heterocycles. The highest BCUT2D eigenvalue weighted by Crippen LogP contribution is 2.65. The molecule has 3 aliphatic carbocycles. The van der Waals surface area contributed by atoms with Crippen molar-refractivity contribution in [1.82, 2.24) is 10.6 Å². The normalized spacial score (nSPS) is 36.8. The van der Waals surface area contributed by atoms with Crippen LogP contribution in [0.25, 0.3) is 0 Å². The molecule has 8 atom stereocenters. The molecule has 3 saturated carbocycles. The summed E-state index contributed by atoms with van der Waals surface area (Å²) in [6.07, 6.45) is 9.27. The van der Waals surface area contributed by atoms with Crippen molar-refractivity contribution < 1.29 is 9.59 Å². The van der Waals surface area contributed by atoms with Crippen LogP contribution < -0.4 is 10.6 Å². The van der Waals surface area contributed by atoms with E-state index >= 15 is 0 Å². The van der Waals surface area contributed by atoms with E-state index in [9.17, 15) is 9.59 Å². The molecular weight excluding hydrogens is 468 g/mol. The van der Waals surface area contributed by atoms with Crippen molar-refractivity contribution in [3.63, 3.8) is 0 Å². The van der Waals surface area contributed by atoms with Crippen LogP contribution in [0.1, 0.15) is 87.9 Å². The number of aryl methyl sites for hydroxylation is 1. The van der Waals surface area contributed by atoms with Crippen LogP contribution in [0.5, 0.6) is 0 Å². The lowest BCUT2D eigenvalue weighted by atomic mass is 9.47. The van der Waals surface area contributed by atoms with E-state index in [4.69, 9.17) is 0 Å². The van der Waals surface area contributed by atoms with Crippen LogP contribution in [0.2, 0.25) is 0 Å². The number of amides is 2. The van der Waals surface area contributed by atoms with Gasteiger partial charge < -0.3 is 10.6 Å². The number of carbonyl (C=O) groups is 2. The molecule has 0 unspecified atom stereocenters. The van der Waals surface area contributed by atoms with Gasteiger partial charge in [0.15, 0.2) is 0 Å². The van der Waals surface area contributed by atoms with Crippen molar-refractivity contribution in [2.75, 3.05) is 0 Å². The molecule has 0 aromatic heterocycles. The number of carbonyl (C=O) groups excluding carboxylic acids is 2. The molecule has 4 aliphatic rings. The van der Waals surface area contributed by atoms with Crippen LogP contribution in [0.4, 0.5) is 0 Å². The molecule has 4 heteroatoms. The van der Waals surface area contributed by atoms with E-state index in [1.165, 1.54) is 29.5 Å². The molecule has 2 aromatic carbocycles. The summed E-state index contributed by atoms with van der Waals surface area (Å²) in [4.78, 5) is 26.2. The van der Waals surface area contributed by atoms with E-state index in [-0.39, 0.29) is 34.6 Å². The summed E-state index contributed by atoms with van der Waals surface area (Å²) in [5.74, 6) is 2.52. The van der Waals surface area contributed by atoms with E-state index in [1.807, 2.05) is 6.07 Å². The Morgan fingerprint density at radius 2 is 1.66 bits per heavy atom. The molecule has 2 amide bonds. The molecule has 4 fully saturated rings. The average molecular weight is 513 g/mol. The summed E-state index contributed by atoms with van der Waals surface area (Å²) in [6, 6.07) is 19.5. The van der Waals surface area contributed by atoms with Gasteiger partial charge in [-0.2, -0.15) is 0 Å².